The number of aromatic amines is 2. The molecule has 5 heterocycles. The minimum atomic E-state index is 0. The van der Waals surface area contributed by atoms with Gasteiger partial charge in [-0.15, -0.1) is 0 Å². The molecule has 8 bridgehead atoms. The van der Waals surface area contributed by atoms with E-state index in [4.69, 9.17) is 0 Å². The van der Waals surface area contributed by atoms with Crippen LogP contribution in [0.2, 0.25) is 0 Å². The van der Waals surface area contributed by atoms with Gasteiger partial charge in [0.2, 0.25) is 0 Å². The van der Waals surface area contributed by atoms with E-state index >= 15 is 0 Å². The van der Waals surface area contributed by atoms with Gasteiger partial charge >= 0.3 is 0 Å². The third kappa shape index (κ3) is 9.26. The van der Waals surface area contributed by atoms with Gasteiger partial charge < -0.3 is 14.9 Å². The Morgan fingerprint density at radius 1 is 0.362 bits per heavy atom. The van der Waals surface area contributed by atoms with Crippen molar-refractivity contribution < 1.29 is 17.1 Å². The summed E-state index contributed by atoms with van der Waals surface area (Å²) in [4.78, 5) is 18.3. The molecule has 287 valence electrons. The fourth-order valence-electron chi connectivity index (χ4n) is 7.20. The van der Waals surface area contributed by atoms with Crippen molar-refractivity contribution in [3.05, 3.63) is 222 Å². The van der Waals surface area contributed by atoms with Crippen molar-refractivity contribution in [1.29, 1.82) is 0 Å². The number of hydrogen-bond acceptors (Lipinski definition) is 3. The molecule has 0 fully saturated rings. The summed E-state index contributed by atoms with van der Waals surface area (Å²) in [5.41, 5.74) is 17.1. The molecule has 11 rings (SSSR count). The molecule has 0 spiro atoms. The number of fused-ring (bicyclic) bond motifs is 11. The number of para-hydroxylation sites is 3. The number of nitrogens with one attached hydrogen (secondary N) is 2. The van der Waals surface area contributed by atoms with Crippen LogP contribution in [0.1, 0.15) is 33.9 Å². The van der Waals surface area contributed by atoms with E-state index in [-0.39, 0.29) is 28.0 Å². The zero-order valence-electron chi connectivity index (χ0n) is 31.1. The molecule has 58 heavy (non-hydrogen) atoms. The maximum Gasteiger partial charge on any atom is 0.0658 e. The summed E-state index contributed by atoms with van der Waals surface area (Å²) in [6.45, 7) is 0. The number of aromatic nitrogens is 4. The minimum Gasteiger partial charge on any atom is -0.355 e. The van der Waals surface area contributed by atoms with Crippen LogP contribution in [0, 0.1) is 0 Å². The van der Waals surface area contributed by atoms with Crippen molar-refractivity contribution in [3.63, 3.8) is 0 Å². The Balaban J connectivity index is 0.000000136. The van der Waals surface area contributed by atoms with E-state index in [1.807, 2.05) is 66.8 Å². The van der Waals surface area contributed by atoms with Gasteiger partial charge in [0.25, 0.3) is 0 Å². The third-order valence-corrected chi connectivity index (χ3v) is 9.79. The average molecular weight is 818 g/mol. The van der Waals surface area contributed by atoms with Crippen molar-refractivity contribution in [2.24, 2.45) is 0 Å². The molecular weight excluding hydrogens is 774 g/mol. The Morgan fingerprint density at radius 3 is 0.983 bits per heavy atom. The summed E-state index contributed by atoms with van der Waals surface area (Å²) in [7, 11) is 0. The van der Waals surface area contributed by atoms with Crippen LogP contribution in [-0.4, -0.2) is 30.9 Å². The zero-order chi connectivity index (χ0) is 37.5. The molecule has 1 aliphatic carbocycles. The van der Waals surface area contributed by atoms with Crippen LogP contribution in [0.25, 0.3) is 57.5 Å². The first kappa shape index (κ1) is 39.5. The number of benzene rings is 5. The molecule has 2 N–H and O–H groups in total. The van der Waals surface area contributed by atoms with Crippen molar-refractivity contribution in [3.8, 4) is 11.1 Å². The van der Waals surface area contributed by atoms with Gasteiger partial charge in [-0.1, -0.05) is 103 Å². The number of hydrogen-bond donors (Lipinski definition) is 2. The second kappa shape index (κ2) is 18.5. The van der Waals surface area contributed by atoms with Crippen LogP contribution < -0.4 is 4.90 Å². The van der Waals surface area contributed by atoms with Crippen LogP contribution >= 0.6 is 0 Å². The standard InChI is InChI=1S/C20H14N4.C18H15N.C13H10.Cu.H4Si/c1-2-14-10-16-5-6-18(23-16)12-20-8-7-19(24-20)11-17-4-3-15(22-17)9-13(1)21-14;1-4-10-16(11-5-1)19(17-12-6-2-7-13-17)18-14-8-3-9-15-18;1-3-7-12-10(5-1)9-11-6-2-4-8-13(11)12;;/h1-12,21,24H;1-15H;1-8H,9H2;;1H4. The predicted molar refractivity (Wildman–Crippen MR) is 246 cm³/mol. The fourth-order valence-corrected chi connectivity index (χ4v) is 7.20. The average Bonchev–Trinajstić information content (AvgIpc) is 4.11. The Kier molecular flexibility index (Phi) is 12.6. The van der Waals surface area contributed by atoms with E-state index in [9.17, 15) is 0 Å². The van der Waals surface area contributed by atoms with E-state index in [1.165, 1.54) is 39.3 Å². The van der Waals surface area contributed by atoms with Gasteiger partial charge in [-0.05, 0) is 149 Å². The summed E-state index contributed by atoms with van der Waals surface area (Å²) >= 11 is 0. The molecule has 0 saturated carbocycles. The van der Waals surface area contributed by atoms with Gasteiger partial charge in [-0.25, -0.2) is 9.97 Å². The van der Waals surface area contributed by atoms with Gasteiger partial charge in [-0.2, -0.15) is 0 Å². The summed E-state index contributed by atoms with van der Waals surface area (Å²) in [6.07, 6.45) is 9.19. The van der Waals surface area contributed by atoms with Crippen molar-refractivity contribution in [1.82, 2.24) is 19.9 Å². The number of nitrogens with zero attached hydrogens (tertiary/aromatic N) is 3. The van der Waals surface area contributed by atoms with E-state index in [0.29, 0.717) is 0 Å². The second-order valence-electron chi connectivity index (χ2n) is 13.7. The molecule has 3 aliphatic rings. The first-order chi connectivity index (χ1) is 27.7. The van der Waals surface area contributed by atoms with Gasteiger partial charge in [0.1, 0.15) is 0 Å². The number of anilines is 3. The molecule has 0 saturated heterocycles. The Morgan fingerprint density at radius 2 is 0.655 bits per heavy atom. The maximum atomic E-state index is 4.63. The first-order valence-electron chi connectivity index (χ1n) is 18.9. The second-order valence-corrected chi connectivity index (χ2v) is 13.7. The maximum absolute atomic E-state index is 4.63. The van der Waals surface area contributed by atoms with E-state index in [2.05, 4.69) is 170 Å². The van der Waals surface area contributed by atoms with Crippen LogP contribution in [0.15, 0.2) is 188 Å². The summed E-state index contributed by atoms with van der Waals surface area (Å²) in [5.74, 6) is 0. The van der Waals surface area contributed by atoms with Crippen LogP contribution in [-0.2, 0) is 23.5 Å². The van der Waals surface area contributed by atoms with Crippen LogP contribution in [0.4, 0.5) is 17.1 Å². The molecule has 5 nitrogen and oxygen atoms in total. The van der Waals surface area contributed by atoms with E-state index in [1.54, 1.807) is 0 Å². The van der Waals surface area contributed by atoms with E-state index < -0.39 is 0 Å². The van der Waals surface area contributed by atoms with Crippen molar-refractivity contribution >= 4 is 74.4 Å². The minimum absolute atomic E-state index is 0. The Hall–Kier alpha value is -6.76. The van der Waals surface area contributed by atoms with Crippen molar-refractivity contribution in [2.45, 2.75) is 6.42 Å². The SMILES string of the molecule is C1=Cc2cc3ccc(cc4nc(cc5ccc(cc1n2)[nH]5)C=C4)[nH]3.[Cu].[SiH4].c1ccc(N(c2ccccc2)c2ccccc2)cc1.c1ccc2c(c1)Cc1ccccc1-2. The van der Waals surface area contributed by atoms with Crippen LogP contribution in [0.3, 0.4) is 0 Å². The largest absolute Gasteiger partial charge is 0.355 e. The quantitative estimate of drug-likeness (QED) is 0.175. The molecule has 7 heteroatoms. The molecule has 0 unspecified atom stereocenters. The molecule has 0 amide bonds. The predicted octanol–water partition coefficient (Wildman–Crippen LogP) is 11.6. The topological polar surface area (TPSA) is 60.6 Å². The van der Waals surface area contributed by atoms with Crippen LogP contribution in [0.5, 0.6) is 0 Å². The van der Waals surface area contributed by atoms with Gasteiger partial charge in [0.05, 0.1) is 22.8 Å². The smallest absolute Gasteiger partial charge is 0.0658 e. The normalized spacial score (nSPS) is 11.3. The zero-order valence-corrected chi connectivity index (χ0v) is 32.0. The molecule has 2 aliphatic heterocycles. The third-order valence-electron chi connectivity index (χ3n) is 9.79. The molecule has 0 atom stereocenters. The summed E-state index contributed by atoms with van der Waals surface area (Å²) in [6, 6.07) is 64.9. The fraction of sp³-hybridized carbons (Fsp3) is 0.0196. The summed E-state index contributed by atoms with van der Waals surface area (Å²) < 4.78 is 0. The molecular formula is C51H43CuN5Si. The first-order valence-corrected chi connectivity index (χ1v) is 18.9. The Labute approximate surface area is 354 Å². The molecule has 8 aromatic rings. The van der Waals surface area contributed by atoms with Gasteiger partial charge in [-0.3, -0.25) is 0 Å². The number of H-pyrrole nitrogens is 2. The Bertz CT molecular complexity index is 2530. The van der Waals surface area contributed by atoms with Gasteiger partial charge in [0.15, 0.2) is 0 Å². The molecule has 3 aromatic heterocycles. The number of rotatable bonds is 3. The molecule has 1 radical (unpaired) electrons. The van der Waals surface area contributed by atoms with E-state index in [0.717, 1.165) is 51.3 Å². The summed E-state index contributed by atoms with van der Waals surface area (Å²) in [5, 5.41) is 0. The monoisotopic (exact) mass is 816 g/mol. The van der Waals surface area contributed by atoms with Crippen molar-refractivity contribution in [2.75, 3.05) is 4.90 Å². The molecule has 5 aromatic carbocycles. The van der Waals surface area contributed by atoms with Gasteiger partial charge in [0, 0.05) is 56.2 Å².